The van der Waals surface area contributed by atoms with Crippen LogP contribution in [0.2, 0.25) is 0 Å². The van der Waals surface area contributed by atoms with Gasteiger partial charge in [0.1, 0.15) is 5.00 Å². The second-order valence-electron chi connectivity index (χ2n) is 5.73. The second kappa shape index (κ2) is 4.60. The molecular formula is C15H17N3S. The van der Waals surface area contributed by atoms with Gasteiger partial charge in [0, 0.05) is 17.6 Å². The van der Waals surface area contributed by atoms with Crippen LogP contribution in [0.15, 0.2) is 30.5 Å². The Bertz CT molecular complexity index is 534. The zero-order valence-electron chi connectivity index (χ0n) is 10.7. The van der Waals surface area contributed by atoms with Crippen molar-refractivity contribution < 1.29 is 0 Å². The molecule has 0 radical (unpaired) electrons. The third kappa shape index (κ3) is 2.04. The van der Waals surface area contributed by atoms with E-state index in [1.54, 1.807) is 11.1 Å². The molecule has 0 saturated heterocycles. The first-order chi connectivity index (χ1) is 9.40. The van der Waals surface area contributed by atoms with E-state index in [2.05, 4.69) is 39.2 Å². The molecule has 1 heterocycles. The van der Waals surface area contributed by atoms with E-state index in [1.165, 1.54) is 37.2 Å². The topological polar surface area (TPSA) is 37.8 Å². The van der Waals surface area contributed by atoms with Crippen molar-refractivity contribution in [1.82, 2.24) is 9.59 Å². The van der Waals surface area contributed by atoms with Gasteiger partial charge >= 0.3 is 0 Å². The Labute approximate surface area is 117 Å². The van der Waals surface area contributed by atoms with Gasteiger partial charge in [0.05, 0.1) is 6.20 Å². The third-order valence-corrected chi connectivity index (χ3v) is 5.27. The summed E-state index contributed by atoms with van der Waals surface area (Å²) in [6.45, 7) is 0. The molecule has 1 fully saturated rings. The molecule has 0 spiro atoms. The number of hydrogen-bond acceptors (Lipinski definition) is 4. The summed E-state index contributed by atoms with van der Waals surface area (Å²) in [5.74, 6) is 1.52. The van der Waals surface area contributed by atoms with E-state index >= 15 is 0 Å². The van der Waals surface area contributed by atoms with E-state index in [4.69, 9.17) is 0 Å². The smallest absolute Gasteiger partial charge is 0.130 e. The van der Waals surface area contributed by atoms with Crippen molar-refractivity contribution in [3.8, 4) is 0 Å². The van der Waals surface area contributed by atoms with Gasteiger partial charge in [-0.1, -0.05) is 28.8 Å². The van der Waals surface area contributed by atoms with Crippen LogP contribution in [0, 0.1) is 11.8 Å². The van der Waals surface area contributed by atoms with Crippen LogP contribution in [0.25, 0.3) is 0 Å². The largest absolute Gasteiger partial charge is 0.371 e. The molecular weight excluding hydrogens is 254 g/mol. The number of rotatable bonds is 2. The van der Waals surface area contributed by atoms with Crippen LogP contribution >= 0.6 is 11.5 Å². The molecule has 0 aliphatic heterocycles. The Morgan fingerprint density at radius 2 is 1.74 bits per heavy atom. The van der Waals surface area contributed by atoms with Crippen molar-refractivity contribution >= 4 is 16.5 Å². The van der Waals surface area contributed by atoms with E-state index in [0.29, 0.717) is 6.04 Å². The van der Waals surface area contributed by atoms with Crippen LogP contribution in [0.1, 0.15) is 24.0 Å². The number of hydrogen-bond donors (Lipinski definition) is 1. The molecule has 4 heteroatoms. The summed E-state index contributed by atoms with van der Waals surface area (Å²) in [5.41, 5.74) is 3.12. The predicted molar refractivity (Wildman–Crippen MR) is 77.4 cm³/mol. The Kier molecular flexibility index (Phi) is 2.76. The summed E-state index contributed by atoms with van der Waals surface area (Å²) in [5, 5.41) is 8.74. The lowest BCUT2D eigenvalue weighted by Gasteiger charge is -2.23. The van der Waals surface area contributed by atoms with Crippen molar-refractivity contribution in [2.24, 2.45) is 11.8 Å². The lowest BCUT2D eigenvalue weighted by atomic mass is 9.94. The average molecular weight is 271 g/mol. The molecule has 4 rings (SSSR count). The van der Waals surface area contributed by atoms with Crippen LogP contribution in [-0.4, -0.2) is 15.6 Å². The van der Waals surface area contributed by atoms with Crippen molar-refractivity contribution in [3.63, 3.8) is 0 Å². The number of benzene rings is 1. The van der Waals surface area contributed by atoms with E-state index < -0.39 is 0 Å². The molecule has 2 aliphatic rings. The van der Waals surface area contributed by atoms with E-state index in [1.807, 2.05) is 6.20 Å². The summed E-state index contributed by atoms with van der Waals surface area (Å²) in [6.07, 6.45) is 6.99. The normalized spacial score (nSPS) is 28.7. The quantitative estimate of drug-likeness (QED) is 0.912. The Morgan fingerprint density at radius 1 is 1.05 bits per heavy atom. The second-order valence-corrected chi connectivity index (χ2v) is 6.51. The van der Waals surface area contributed by atoms with Gasteiger partial charge in [-0.15, -0.1) is 5.10 Å². The average Bonchev–Trinajstić information content (AvgIpc) is 2.99. The summed E-state index contributed by atoms with van der Waals surface area (Å²) in [6, 6.07) is 9.55. The summed E-state index contributed by atoms with van der Waals surface area (Å²) < 4.78 is 3.95. The summed E-state index contributed by atoms with van der Waals surface area (Å²) in [7, 11) is 0. The molecule has 2 unspecified atom stereocenters. The van der Waals surface area contributed by atoms with Crippen LogP contribution in [0.3, 0.4) is 0 Å². The van der Waals surface area contributed by atoms with E-state index in [0.717, 1.165) is 16.8 Å². The van der Waals surface area contributed by atoms with Crippen molar-refractivity contribution in [1.29, 1.82) is 0 Å². The highest BCUT2D eigenvalue weighted by molar-refractivity contribution is 7.09. The van der Waals surface area contributed by atoms with Gasteiger partial charge in [-0.2, -0.15) is 0 Å². The monoisotopic (exact) mass is 271 g/mol. The zero-order valence-corrected chi connectivity index (χ0v) is 11.6. The standard InChI is InChI=1S/C15H17N3S/c1-2-4-11-8-13-6-5-12(7-10(11)3-1)15(13)17-14-9-16-18-19-14/h1-4,9,12-13,15,17H,5-8H2. The number of aromatic nitrogens is 2. The number of nitrogens with zero attached hydrogens (tertiary/aromatic N) is 2. The lowest BCUT2D eigenvalue weighted by molar-refractivity contribution is 0.450. The minimum atomic E-state index is 0.592. The maximum atomic E-state index is 3.95. The molecule has 3 nitrogen and oxygen atoms in total. The van der Waals surface area contributed by atoms with Gasteiger partial charge in [0.15, 0.2) is 0 Å². The van der Waals surface area contributed by atoms with Gasteiger partial charge in [-0.05, 0) is 48.6 Å². The Morgan fingerprint density at radius 3 is 2.32 bits per heavy atom. The summed E-state index contributed by atoms with van der Waals surface area (Å²) >= 11 is 1.47. The Hall–Kier alpha value is -1.42. The predicted octanol–water partition coefficient (Wildman–Crippen LogP) is 3.14. The fourth-order valence-electron chi connectivity index (χ4n) is 3.78. The molecule has 2 aromatic rings. The zero-order chi connectivity index (χ0) is 12.7. The van der Waals surface area contributed by atoms with Gasteiger partial charge < -0.3 is 5.32 Å². The first-order valence-corrected chi connectivity index (χ1v) is 7.78. The molecule has 0 amide bonds. The van der Waals surface area contributed by atoms with Gasteiger partial charge in [0.2, 0.25) is 0 Å². The molecule has 1 saturated carbocycles. The number of anilines is 1. The highest BCUT2D eigenvalue weighted by Gasteiger charge is 2.39. The minimum Gasteiger partial charge on any atom is -0.371 e. The van der Waals surface area contributed by atoms with Crippen LogP contribution in [-0.2, 0) is 12.8 Å². The van der Waals surface area contributed by atoms with Crippen LogP contribution in [0.5, 0.6) is 0 Å². The SMILES string of the molecule is c1ccc2c(c1)CC1CCC(C2)C1Nc1cnns1. The fraction of sp³-hybridized carbons (Fsp3) is 0.467. The van der Waals surface area contributed by atoms with E-state index in [9.17, 15) is 0 Å². The fourth-order valence-corrected chi connectivity index (χ4v) is 4.25. The maximum Gasteiger partial charge on any atom is 0.130 e. The summed E-state index contributed by atoms with van der Waals surface area (Å²) in [4.78, 5) is 0. The Balaban J connectivity index is 1.62. The minimum absolute atomic E-state index is 0.592. The van der Waals surface area contributed by atoms with Crippen molar-refractivity contribution in [2.75, 3.05) is 5.32 Å². The first-order valence-electron chi connectivity index (χ1n) is 7.01. The van der Waals surface area contributed by atoms with Gasteiger partial charge in [-0.25, -0.2) is 0 Å². The molecule has 1 aromatic heterocycles. The molecule has 2 bridgehead atoms. The molecule has 1 N–H and O–H groups in total. The third-order valence-electron chi connectivity index (χ3n) is 4.68. The van der Waals surface area contributed by atoms with Gasteiger partial charge in [-0.3, -0.25) is 0 Å². The van der Waals surface area contributed by atoms with Crippen molar-refractivity contribution in [2.45, 2.75) is 31.7 Å². The highest BCUT2D eigenvalue weighted by atomic mass is 32.1. The maximum absolute atomic E-state index is 3.95. The first kappa shape index (κ1) is 11.4. The van der Waals surface area contributed by atoms with Crippen molar-refractivity contribution in [3.05, 3.63) is 41.6 Å². The molecule has 1 aromatic carbocycles. The molecule has 2 atom stereocenters. The highest BCUT2D eigenvalue weighted by Crippen LogP contribution is 2.41. The van der Waals surface area contributed by atoms with E-state index in [-0.39, 0.29) is 0 Å². The molecule has 19 heavy (non-hydrogen) atoms. The number of nitrogens with one attached hydrogen (secondary N) is 1. The van der Waals surface area contributed by atoms with Gasteiger partial charge in [0.25, 0.3) is 0 Å². The molecule has 2 aliphatic carbocycles. The number of fused-ring (bicyclic) bond motifs is 3. The lowest BCUT2D eigenvalue weighted by Crippen LogP contribution is -2.30. The van der Waals surface area contributed by atoms with Crippen LogP contribution in [0.4, 0.5) is 5.00 Å². The van der Waals surface area contributed by atoms with Crippen LogP contribution < -0.4 is 5.32 Å². The molecule has 98 valence electrons.